The van der Waals surface area contributed by atoms with E-state index in [1.807, 2.05) is 18.3 Å². The number of aromatic nitrogens is 1. The number of hydrogen-bond acceptors (Lipinski definition) is 2. The highest BCUT2D eigenvalue weighted by Crippen LogP contribution is 2.16. The maximum absolute atomic E-state index is 5.90. The van der Waals surface area contributed by atoms with Crippen molar-refractivity contribution < 1.29 is 0 Å². The van der Waals surface area contributed by atoms with Gasteiger partial charge in [-0.1, -0.05) is 19.9 Å². The molecule has 2 N–H and O–H groups in total. The summed E-state index contributed by atoms with van der Waals surface area (Å²) in [7, 11) is 0. The van der Waals surface area contributed by atoms with Crippen LogP contribution in [-0.2, 0) is 0 Å². The Labute approximate surface area is 67.5 Å². The first-order valence-electron chi connectivity index (χ1n) is 3.87. The van der Waals surface area contributed by atoms with Crippen molar-refractivity contribution in [1.29, 1.82) is 0 Å². The zero-order valence-corrected chi connectivity index (χ0v) is 6.99. The quantitative estimate of drug-likeness (QED) is 0.697. The first-order chi connectivity index (χ1) is 5.22. The minimum atomic E-state index is 0.115. The summed E-state index contributed by atoms with van der Waals surface area (Å²) in [6.07, 6.45) is 3.58. The molecule has 1 aromatic heterocycles. The third-order valence-corrected chi connectivity index (χ3v) is 1.79. The van der Waals surface area contributed by atoms with Crippen LogP contribution in [0.1, 0.15) is 25.5 Å². The van der Waals surface area contributed by atoms with Crippen molar-refractivity contribution >= 4 is 0 Å². The molecule has 0 aliphatic carbocycles. The molecule has 1 heterocycles. The Bertz CT molecular complexity index is 206. The number of nitrogens with two attached hydrogens (primary N) is 1. The van der Waals surface area contributed by atoms with Crippen LogP contribution in [0.3, 0.4) is 0 Å². The molecule has 0 unspecified atom stereocenters. The highest BCUT2D eigenvalue weighted by atomic mass is 14.7. The Morgan fingerprint density at radius 3 is 2.64 bits per heavy atom. The predicted octanol–water partition coefficient (Wildman–Crippen LogP) is 1.74. The highest BCUT2D eigenvalue weighted by molar-refractivity contribution is 5.13. The Hall–Kier alpha value is -0.890. The summed E-state index contributed by atoms with van der Waals surface area (Å²) in [4.78, 5) is 4.01. The fourth-order valence-corrected chi connectivity index (χ4v) is 0.958. The Balaban J connectivity index is 2.77. The van der Waals surface area contributed by atoms with E-state index in [4.69, 9.17) is 5.73 Å². The molecule has 0 aliphatic rings. The summed E-state index contributed by atoms with van der Waals surface area (Å²) >= 11 is 0. The standard InChI is InChI=1S/C9H14N2/c1-7(2)9(10)8-4-3-5-11-6-8/h3-7,9H,10H2,1-2H3/t9-/m1/s1. The molecule has 0 saturated carbocycles. The predicted molar refractivity (Wildman–Crippen MR) is 46.0 cm³/mol. The van der Waals surface area contributed by atoms with Gasteiger partial charge in [-0.15, -0.1) is 0 Å². The fourth-order valence-electron chi connectivity index (χ4n) is 0.958. The SMILES string of the molecule is CC(C)[C@@H](N)c1cccnc1. The average molecular weight is 150 g/mol. The summed E-state index contributed by atoms with van der Waals surface area (Å²) in [6.45, 7) is 4.22. The lowest BCUT2D eigenvalue weighted by atomic mass is 9.99. The van der Waals surface area contributed by atoms with Gasteiger partial charge in [0.15, 0.2) is 0 Å². The summed E-state index contributed by atoms with van der Waals surface area (Å²) < 4.78 is 0. The van der Waals surface area contributed by atoms with E-state index < -0.39 is 0 Å². The van der Waals surface area contributed by atoms with Crippen LogP contribution in [0.5, 0.6) is 0 Å². The van der Waals surface area contributed by atoms with Gasteiger partial charge in [0, 0.05) is 18.4 Å². The van der Waals surface area contributed by atoms with Gasteiger partial charge in [-0.25, -0.2) is 0 Å². The van der Waals surface area contributed by atoms with Gasteiger partial charge in [-0.3, -0.25) is 4.98 Å². The van der Waals surface area contributed by atoms with Crippen molar-refractivity contribution in [2.45, 2.75) is 19.9 Å². The molecular formula is C9H14N2. The fraction of sp³-hybridized carbons (Fsp3) is 0.444. The number of rotatable bonds is 2. The Morgan fingerprint density at radius 1 is 1.45 bits per heavy atom. The van der Waals surface area contributed by atoms with E-state index in [2.05, 4.69) is 18.8 Å². The molecule has 2 nitrogen and oxygen atoms in total. The van der Waals surface area contributed by atoms with Gasteiger partial charge in [0.05, 0.1) is 0 Å². The van der Waals surface area contributed by atoms with Crippen LogP contribution in [0.2, 0.25) is 0 Å². The summed E-state index contributed by atoms with van der Waals surface area (Å²) in [6, 6.07) is 4.04. The van der Waals surface area contributed by atoms with Gasteiger partial charge in [0.2, 0.25) is 0 Å². The van der Waals surface area contributed by atoms with Crippen LogP contribution in [0.4, 0.5) is 0 Å². The zero-order chi connectivity index (χ0) is 8.27. The molecule has 0 aromatic carbocycles. The minimum Gasteiger partial charge on any atom is -0.324 e. The second-order valence-electron chi connectivity index (χ2n) is 3.06. The van der Waals surface area contributed by atoms with Crippen LogP contribution < -0.4 is 5.73 Å². The molecule has 0 spiro atoms. The number of nitrogens with zero attached hydrogens (tertiary/aromatic N) is 1. The molecule has 60 valence electrons. The van der Waals surface area contributed by atoms with Crippen LogP contribution in [0, 0.1) is 5.92 Å². The van der Waals surface area contributed by atoms with E-state index in [1.54, 1.807) is 6.20 Å². The van der Waals surface area contributed by atoms with Crippen LogP contribution >= 0.6 is 0 Å². The van der Waals surface area contributed by atoms with Gasteiger partial charge >= 0.3 is 0 Å². The van der Waals surface area contributed by atoms with Crippen molar-refractivity contribution in [3.8, 4) is 0 Å². The molecule has 0 radical (unpaired) electrons. The van der Waals surface area contributed by atoms with E-state index in [1.165, 1.54) is 0 Å². The lowest BCUT2D eigenvalue weighted by Crippen LogP contribution is -2.16. The first kappa shape index (κ1) is 8.21. The molecule has 0 bridgehead atoms. The highest BCUT2D eigenvalue weighted by Gasteiger charge is 2.08. The maximum Gasteiger partial charge on any atom is 0.0333 e. The average Bonchev–Trinajstić information content (AvgIpc) is 2.05. The van der Waals surface area contributed by atoms with Gasteiger partial charge in [-0.05, 0) is 17.5 Å². The second-order valence-corrected chi connectivity index (χ2v) is 3.06. The Kier molecular flexibility index (Phi) is 2.60. The number of pyridine rings is 1. The molecule has 1 rings (SSSR count). The summed E-state index contributed by atoms with van der Waals surface area (Å²) in [5.74, 6) is 0.471. The molecule has 11 heavy (non-hydrogen) atoms. The van der Waals surface area contributed by atoms with E-state index in [-0.39, 0.29) is 6.04 Å². The van der Waals surface area contributed by atoms with Crippen molar-refractivity contribution in [3.63, 3.8) is 0 Å². The molecular weight excluding hydrogens is 136 g/mol. The molecule has 1 aromatic rings. The first-order valence-corrected chi connectivity index (χ1v) is 3.87. The lowest BCUT2D eigenvalue weighted by Gasteiger charge is -2.14. The topological polar surface area (TPSA) is 38.9 Å². The summed E-state index contributed by atoms with van der Waals surface area (Å²) in [5.41, 5.74) is 7.01. The Morgan fingerprint density at radius 2 is 2.18 bits per heavy atom. The van der Waals surface area contributed by atoms with Gasteiger partial charge in [0.25, 0.3) is 0 Å². The minimum absolute atomic E-state index is 0.115. The monoisotopic (exact) mass is 150 g/mol. The maximum atomic E-state index is 5.90. The van der Waals surface area contributed by atoms with E-state index in [0.717, 1.165) is 5.56 Å². The normalized spacial score (nSPS) is 13.5. The molecule has 0 aliphatic heterocycles. The lowest BCUT2D eigenvalue weighted by molar-refractivity contribution is 0.513. The molecule has 0 saturated heterocycles. The molecule has 2 heteroatoms. The van der Waals surface area contributed by atoms with Crippen LogP contribution in [0.15, 0.2) is 24.5 Å². The smallest absolute Gasteiger partial charge is 0.0333 e. The van der Waals surface area contributed by atoms with Gasteiger partial charge < -0.3 is 5.73 Å². The summed E-state index contributed by atoms with van der Waals surface area (Å²) in [5, 5.41) is 0. The van der Waals surface area contributed by atoms with Gasteiger partial charge in [-0.2, -0.15) is 0 Å². The van der Waals surface area contributed by atoms with Crippen molar-refractivity contribution in [2.75, 3.05) is 0 Å². The van der Waals surface area contributed by atoms with Crippen molar-refractivity contribution in [3.05, 3.63) is 30.1 Å². The molecule has 0 fully saturated rings. The van der Waals surface area contributed by atoms with Crippen molar-refractivity contribution in [1.82, 2.24) is 4.98 Å². The van der Waals surface area contributed by atoms with E-state index in [9.17, 15) is 0 Å². The number of hydrogen-bond donors (Lipinski definition) is 1. The largest absolute Gasteiger partial charge is 0.324 e. The van der Waals surface area contributed by atoms with Gasteiger partial charge in [0.1, 0.15) is 0 Å². The molecule has 1 atom stereocenters. The van der Waals surface area contributed by atoms with E-state index in [0.29, 0.717) is 5.92 Å². The third-order valence-electron chi connectivity index (χ3n) is 1.79. The van der Waals surface area contributed by atoms with Crippen molar-refractivity contribution in [2.24, 2.45) is 11.7 Å². The van der Waals surface area contributed by atoms with Crippen LogP contribution in [0.25, 0.3) is 0 Å². The van der Waals surface area contributed by atoms with Crippen LogP contribution in [-0.4, -0.2) is 4.98 Å². The third kappa shape index (κ3) is 2.02. The second kappa shape index (κ2) is 3.49. The molecule has 0 amide bonds. The zero-order valence-electron chi connectivity index (χ0n) is 6.99. The van der Waals surface area contributed by atoms with E-state index >= 15 is 0 Å².